The van der Waals surface area contributed by atoms with Crippen LogP contribution in [0.25, 0.3) is 11.2 Å². The Balaban J connectivity index is 2.78. The highest BCUT2D eigenvalue weighted by Gasteiger charge is 2.11. The van der Waals surface area contributed by atoms with Gasteiger partial charge in [-0.25, -0.2) is 22.4 Å². The van der Waals surface area contributed by atoms with Crippen LogP contribution in [0.4, 0.5) is 0 Å². The third kappa shape index (κ3) is 1.61. The summed E-state index contributed by atoms with van der Waals surface area (Å²) >= 11 is 0. The van der Waals surface area contributed by atoms with Crippen molar-refractivity contribution < 1.29 is 13.2 Å². The number of fused-ring (bicyclic) bond motifs is 1. The van der Waals surface area contributed by atoms with Gasteiger partial charge >= 0.3 is 0 Å². The van der Waals surface area contributed by atoms with Crippen molar-refractivity contribution >= 4 is 27.5 Å². The van der Waals surface area contributed by atoms with Crippen LogP contribution in [0.3, 0.4) is 0 Å². The summed E-state index contributed by atoms with van der Waals surface area (Å²) in [5.41, 5.74) is 0.780. The van der Waals surface area contributed by atoms with E-state index in [0.29, 0.717) is 11.8 Å². The Morgan fingerprint density at radius 3 is 2.80 bits per heavy atom. The van der Waals surface area contributed by atoms with Gasteiger partial charge in [0.2, 0.25) is 10.0 Å². The summed E-state index contributed by atoms with van der Waals surface area (Å²) < 4.78 is 23.6. The maximum atomic E-state index is 11.3. The topological polar surface area (TPSA) is 81.9 Å². The minimum atomic E-state index is -3.38. The third-order valence-corrected chi connectivity index (χ3v) is 2.86. The Labute approximate surface area is 85.6 Å². The van der Waals surface area contributed by atoms with Gasteiger partial charge in [-0.2, -0.15) is 0 Å². The minimum Gasteiger partial charge on any atom is -0.296 e. The van der Waals surface area contributed by atoms with Crippen molar-refractivity contribution in [2.75, 3.05) is 6.26 Å². The first-order valence-corrected chi connectivity index (χ1v) is 5.87. The van der Waals surface area contributed by atoms with E-state index in [4.69, 9.17) is 0 Å². The van der Waals surface area contributed by atoms with Crippen molar-refractivity contribution in [1.82, 2.24) is 13.9 Å². The van der Waals surface area contributed by atoms with Gasteiger partial charge in [0.05, 0.1) is 12.5 Å². The molecule has 78 valence electrons. The second-order valence-electron chi connectivity index (χ2n) is 3.00. The first kappa shape index (κ1) is 9.78. The highest BCUT2D eigenvalue weighted by Crippen LogP contribution is 2.12. The highest BCUT2D eigenvalue weighted by atomic mass is 32.2. The first-order valence-electron chi connectivity index (χ1n) is 4.02. The molecule has 0 N–H and O–H groups in total. The summed E-state index contributed by atoms with van der Waals surface area (Å²) in [4.78, 5) is 18.2. The smallest absolute Gasteiger partial charge is 0.237 e. The lowest BCUT2D eigenvalue weighted by Crippen LogP contribution is -2.09. The molecule has 6 nitrogen and oxygen atoms in total. The van der Waals surface area contributed by atoms with Crippen LogP contribution in [-0.2, 0) is 10.0 Å². The maximum absolute atomic E-state index is 11.3. The van der Waals surface area contributed by atoms with Crippen molar-refractivity contribution in [3.63, 3.8) is 0 Å². The number of nitrogens with zero attached hydrogens (tertiary/aromatic N) is 3. The molecule has 0 spiro atoms. The molecule has 0 saturated heterocycles. The summed E-state index contributed by atoms with van der Waals surface area (Å²) in [6.45, 7) is 0. The summed E-state index contributed by atoms with van der Waals surface area (Å²) in [6, 6.07) is 1.50. The SMILES string of the molecule is CS(=O)(=O)n1ccc2nc(C=O)cnc21. The average Bonchev–Trinajstić information content (AvgIpc) is 2.59. The standard InChI is InChI=1S/C8H7N3O3S/c1-15(13,14)11-3-2-7-8(11)9-4-6(5-12)10-7/h2-5H,1H3. The van der Waals surface area contributed by atoms with Crippen LogP contribution in [0.2, 0.25) is 0 Å². The van der Waals surface area contributed by atoms with E-state index < -0.39 is 10.0 Å². The van der Waals surface area contributed by atoms with E-state index >= 15 is 0 Å². The molecule has 0 aromatic carbocycles. The molecule has 0 unspecified atom stereocenters. The molecule has 0 bridgehead atoms. The normalized spacial score (nSPS) is 11.8. The first-order chi connectivity index (χ1) is 7.02. The van der Waals surface area contributed by atoms with Gasteiger partial charge in [-0.1, -0.05) is 0 Å². The predicted molar refractivity (Wildman–Crippen MR) is 53.2 cm³/mol. The van der Waals surface area contributed by atoms with Crippen LogP contribution in [0.5, 0.6) is 0 Å². The molecule has 0 amide bonds. The number of rotatable bonds is 2. The molecule has 0 aliphatic rings. The number of hydrogen-bond donors (Lipinski definition) is 0. The molecule has 0 fully saturated rings. The fourth-order valence-corrected chi connectivity index (χ4v) is 1.96. The van der Waals surface area contributed by atoms with Crippen molar-refractivity contribution in [1.29, 1.82) is 0 Å². The third-order valence-electron chi connectivity index (χ3n) is 1.85. The Morgan fingerprint density at radius 1 is 1.47 bits per heavy atom. The number of carbonyl (C=O) groups excluding carboxylic acids is 1. The van der Waals surface area contributed by atoms with E-state index in [-0.39, 0.29) is 11.3 Å². The van der Waals surface area contributed by atoms with Crippen molar-refractivity contribution in [3.05, 3.63) is 24.2 Å². The molecule has 2 aromatic heterocycles. The van der Waals surface area contributed by atoms with Crippen LogP contribution in [0.1, 0.15) is 10.5 Å². The van der Waals surface area contributed by atoms with Crippen molar-refractivity contribution in [2.24, 2.45) is 0 Å². The molecule has 0 radical (unpaired) electrons. The molecule has 2 rings (SSSR count). The predicted octanol–water partition coefficient (Wildman–Crippen LogP) is 0.0515. The second kappa shape index (κ2) is 3.13. The molecule has 0 aliphatic heterocycles. The number of hydrogen-bond acceptors (Lipinski definition) is 5. The van der Waals surface area contributed by atoms with Gasteiger partial charge in [-0.15, -0.1) is 0 Å². The number of aldehydes is 1. The van der Waals surface area contributed by atoms with E-state index in [2.05, 4.69) is 9.97 Å². The molecular formula is C8H7N3O3S. The van der Waals surface area contributed by atoms with Crippen molar-refractivity contribution in [2.45, 2.75) is 0 Å². The Kier molecular flexibility index (Phi) is 2.04. The highest BCUT2D eigenvalue weighted by molar-refractivity contribution is 7.89. The minimum absolute atomic E-state index is 0.175. The van der Waals surface area contributed by atoms with Gasteiger partial charge in [-0.3, -0.25) is 4.79 Å². The summed E-state index contributed by atoms with van der Waals surface area (Å²) in [5, 5.41) is 0. The Bertz CT molecular complexity index is 630. The average molecular weight is 225 g/mol. The molecule has 0 saturated carbocycles. The summed E-state index contributed by atoms with van der Waals surface area (Å²) in [5.74, 6) is 0. The van der Waals surface area contributed by atoms with Gasteiger partial charge in [0.1, 0.15) is 11.2 Å². The lowest BCUT2D eigenvalue weighted by atomic mass is 10.4. The van der Waals surface area contributed by atoms with Crippen LogP contribution in [0.15, 0.2) is 18.5 Å². The van der Waals surface area contributed by atoms with Crippen LogP contribution < -0.4 is 0 Å². The molecule has 2 aromatic rings. The monoisotopic (exact) mass is 225 g/mol. The largest absolute Gasteiger partial charge is 0.296 e. The lowest BCUT2D eigenvalue weighted by Gasteiger charge is -1.99. The fraction of sp³-hybridized carbons (Fsp3) is 0.125. The van der Waals surface area contributed by atoms with Gasteiger partial charge in [0.15, 0.2) is 11.9 Å². The van der Waals surface area contributed by atoms with Crippen LogP contribution >= 0.6 is 0 Å². The van der Waals surface area contributed by atoms with Gasteiger partial charge < -0.3 is 0 Å². The van der Waals surface area contributed by atoms with Gasteiger partial charge in [0, 0.05) is 6.20 Å². The Hall–Kier alpha value is -1.76. The second-order valence-corrected chi connectivity index (χ2v) is 4.86. The lowest BCUT2D eigenvalue weighted by molar-refractivity contribution is 0.111. The summed E-state index contributed by atoms with van der Waals surface area (Å²) in [6.07, 6.45) is 4.22. The molecule has 15 heavy (non-hydrogen) atoms. The quantitative estimate of drug-likeness (QED) is 0.674. The van der Waals surface area contributed by atoms with Crippen LogP contribution in [0, 0.1) is 0 Å². The zero-order valence-corrected chi connectivity index (χ0v) is 8.60. The molecule has 7 heteroatoms. The number of aromatic nitrogens is 3. The zero-order valence-electron chi connectivity index (χ0n) is 7.78. The van der Waals surface area contributed by atoms with Crippen LogP contribution in [-0.4, -0.2) is 34.9 Å². The zero-order chi connectivity index (χ0) is 11.1. The summed E-state index contributed by atoms with van der Waals surface area (Å²) in [7, 11) is -3.38. The number of carbonyl (C=O) groups is 1. The molecule has 0 aliphatic carbocycles. The molecule has 2 heterocycles. The van der Waals surface area contributed by atoms with E-state index in [1.807, 2.05) is 0 Å². The van der Waals surface area contributed by atoms with E-state index in [1.54, 1.807) is 0 Å². The molecule has 0 atom stereocenters. The Morgan fingerprint density at radius 2 is 2.20 bits per heavy atom. The fourth-order valence-electron chi connectivity index (χ4n) is 1.23. The van der Waals surface area contributed by atoms with Gasteiger partial charge in [0.25, 0.3) is 0 Å². The van der Waals surface area contributed by atoms with Crippen molar-refractivity contribution in [3.8, 4) is 0 Å². The van der Waals surface area contributed by atoms with E-state index in [1.165, 1.54) is 18.5 Å². The van der Waals surface area contributed by atoms with E-state index in [0.717, 1.165) is 10.2 Å². The maximum Gasteiger partial charge on any atom is 0.237 e. The van der Waals surface area contributed by atoms with Gasteiger partial charge in [-0.05, 0) is 6.07 Å². The van der Waals surface area contributed by atoms with E-state index in [9.17, 15) is 13.2 Å². The molecular weight excluding hydrogens is 218 g/mol.